The monoisotopic (exact) mass is 365 g/mol. The van der Waals surface area contributed by atoms with Crippen LogP contribution in [0.1, 0.15) is 32.8 Å². The zero-order chi connectivity index (χ0) is 18.8. The van der Waals surface area contributed by atoms with Crippen LogP contribution in [0.2, 0.25) is 0 Å². The second-order valence-electron chi connectivity index (χ2n) is 7.06. The Morgan fingerprint density at radius 2 is 2.15 bits per heavy atom. The third-order valence-corrected chi connectivity index (χ3v) is 5.34. The summed E-state index contributed by atoms with van der Waals surface area (Å²) in [6, 6.07) is 10.7. The smallest absolute Gasteiger partial charge is 0.274 e. The normalized spacial score (nSPS) is 21.1. The first-order chi connectivity index (χ1) is 13.2. The van der Waals surface area contributed by atoms with Crippen LogP contribution in [0.25, 0.3) is 0 Å². The highest BCUT2D eigenvalue weighted by Gasteiger charge is 2.40. The molecule has 0 saturated carbocycles. The van der Waals surface area contributed by atoms with Crippen LogP contribution in [0.3, 0.4) is 0 Å². The minimum atomic E-state index is -0.315. The Bertz CT molecular complexity index is 855. The van der Waals surface area contributed by atoms with Crippen molar-refractivity contribution in [3.05, 3.63) is 59.4 Å². The topological polar surface area (TPSA) is 100 Å². The molecule has 2 fully saturated rings. The van der Waals surface area contributed by atoms with E-state index in [1.807, 2.05) is 11.0 Å². The number of hydrogen-bond donors (Lipinski definition) is 3. The van der Waals surface area contributed by atoms with Gasteiger partial charge in [0.2, 0.25) is 0 Å². The molecule has 7 heteroatoms. The first-order valence-corrected chi connectivity index (χ1v) is 9.24. The molecule has 7 nitrogen and oxygen atoms in total. The van der Waals surface area contributed by atoms with E-state index in [4.69, 9.17) is 5.73 Å². The van der Waals surface area contributed by atoms with E-state index in [1.54, 1.807) is 36.5 Å². The maximum absolute atomic E-state index is 13.1. The molecule has 27 heavy (non-hydrogen) atoms. The van der Waals surface area contributed by atoms with E-state index >= 15 is 0 Å². The first-order valence-electron chi connectivity index (χ1n) is 9.24. The molecule has 0 unspecified atom stereocenters. The van der Waals surface area contributed by atoms with Gasteiger partial charge in [0.25, 0.3) is 11.8 Å². The molecule has 0 aliphatic carbocycles. The minimum Gasteiger partial charge on any atom is -0.334 e. The summed E-state index contributed by atoms with van der Waals surface area (Å²) in [5.41, 5.74) is 8.04. The molecule has 2 aliphatic rings. The summed E-state index contributed by atoms with van der Waals surface area (Å²) in [7, 11) is 0. The molecule has 3 heterocycles. The summed E-state index contributed by atoms with van der Waals surface area (Å²) in [5.74, 6) is 0.217. The van der Waals surface area contributed by atoms with Crippen molar-refractivity contribution in [1.82, 2.24) is 15.2 Å². The fourth-order valence-electron chi connectivity index (χ4n) is 3.96. The second kappa shape index (κ2) is 7.46. The summed E-state index contributed by atoms with van der Waals surface area (Å²) >= 11 is 0. The predicted octanol–water partition coefficient (Wildman–Crippen LogP) is 1.23. The molecule has 2 aromatic rings. The van der Waals surface area contributed by atoms with Crippen molar-refractivity contribution in [1.29, 1.82) is 0 Å². The Labute approximate surface area is 158 Å². The summed E-state index contributed by atoms with van der Waals surface area (Å²) in [5, 5.41) is 6.19. The molecule has 1 aromatic carbocycles. The number of aromatic nitrogens is 1. The molecule has 2 amide bonds. The van der Waals surface area contributed by atoms with Gasteiger partial charge in [0.05, 0.1) is 0 Å². The van der Waals surface area contributed by atoms with Crippen LogP contribution in [0.15, 0.2) is 42.6 Å². The molecular weight excluding hydrogens is 342 g/mol. The lowest BCUT2D eigenvalue weighted by atomic mass is 10.0. The van der Waals surface area contributed by atoms with Gasteiger partial charge in [-0.1, -0.05) is 6.07 Å². The standard InChI is InChI=1S/C20H23N5O2/c21-10-13-7-15(20(27)25-6-4-14-11-22-12-18(14)25)9-16(8-13)24-19(26)17-3-1-2-5-23-17/h1-3,5,7-9,14,18,22H,4,6,10-12,21H2,(H,24,26)/t14-,18+/m0/s1. The maximum atomic E-state index is 13.1. The average Bonchev–Trinajstić information content (AvgIpc) is 3.31. The van der Waals surface area contributed by atoms with Crippen molar-refractivity contribution in [2.45, 2.75) is 19.0 Å². The molecule has 4 rings (SSSR count). The Hall–Kier alpha value is -2.77. The lowest BCUT2D eigenvalue weighted by Crippen LogP contribution is -2.39. The van der Waals surface area contributed by atoms with Gasteiger partial charge in [-0.25, -0.2) is 0 Å². The molecular formula is C20H23N5O2. The van der Waals surface area contributed by atoms with Gasteiger partial charge >= 0.3 is 0 Å². The molecule has 0 spiro atoms. The molecule has 2 atom stereocenters. The third kappa shape index (κ3) is 3.56. The van der Waals surface area contributed by atoms with Gasteiger partial charge in [0.15, 0.2) is 0 Å². The zero-order valence-electron chi connectivity index (χ0n) is 15.0. The van der Waals surface area contributed by atoms with E-state index < -0.39 is 0 Å². The summed E-state index contributed by atoms with van der Waals surface area (Å²) in [6.07, 6.45) is 2.60. The number of nitrogens with zero attached hydrogens (tertiary/aromatic N) is 2. The van der Waals surface area contributed by atoms with Crippen LogP contribution in [0.4, 0.5) is 5.69 Å². The number of nitrogens with one attached hydrogen (secondary N) is 2. The fourth-order valence-corrected chi connectivity index (χ4v) is 3.96. The van der Waals surface area contributed by atoms with Crippen molar-refractivity contribution >= 4 is 17.5 Å². The minimum absolute atomic E-state index is 0.00478. The summed E-state index contributed by atoms with van der Waals surface area (Å²) in [6.45, 7) is 2.89. The number of amides is 2. The number of hydrogen-bond acceptors (Lipinski definition) is 5. The third-order valence-electron chi connectivity index (χ3n) is 5.34. The van der Waals surface area contributed by atoms with Gasteiger partial charge in [-0.2, -0.15) is 0 Å². The van der Waals surface area contributed by atoms with E-state index in [-0.39, 0.29) is 17.9 Å². The van der Waals surface area contributed by atoms with Crippen LogP contribution in [-0.4, -0.2) is 47.4 Å². The molecule has 140 valence electrons. The van der Waals surface area contributed by atoms with Crippen LogP contribution in [0.5, 0.6) is 0 Å². The van der Waals surface area contributed by atoms with Crippen molar-refractivity contribution in [3.8, 4) is 0 Å². The van der Waals surface area contributed by atoms with Crippen LogP contribution < -0.4 is 16.4 Å². The van der Waals surface area contributed by atoms with Crippen LogP contribution in [0, 0.1) is 5.92 Å². The Balaban J connectivity index is 1.57. The molecule has 0 bridgehead atoms. The summed E-state index contributed by atoms with van der Waals surface area (Å²) < 4.78 is 0. The van der Waals surface area contributed by atoms with E-state index in [9.17, 15) is 9.59 Å². The SMILES string of the molecule is NCc1cc(NC(=O)c2ccccn2)cc(C(=O)N2CC[C@H]3CNC[C@H]32)c1. The largest absolute Gasteiger partial charge is 0.334 e. The number of benzene rings is 1. The zero-order valence-corrected chi connectivity index (χ0v) is 15.0. The molecule has 1 aromatic heterocycles. The quantitative estimate of drug-likeness (QED) is 0.757. The molecule has 0 radical (unpaired) electrons. The number of anilines is 1. The molecule has 4 N–H and O–H groups in total. The first kappa shape index (κ1) is 17.6. The van der Waals surface area contributed by atoms with Crippen molar-refractivity contribution in [3.63, 3.8) is 0 Å². The van der Waals surface area contributed by atoms with Crippen molar-refractivity contribution in [2.75, 3.05) is 25.0 Å². The van der Waals surface area contributed by atoms with Gasteiger partial charge in [-0.05, 0) is 48.2 Å². The van der Waals surface area contributed by atoms with Gasteiger partial charge in [-0.15, -0.1) is 0 Å². The maximum Gasteiger partial charge on any atom is 0.274 e. The number of carbonyl (C=O) groups is 2. The number of carbonyl (C=O) groups excluding carboxylic acids is 2. The highest BCUT2D eigenvalue weighted by molar-refractivity contribution is 6.04. The second-order valence-corrected chi connectivity index (χ2v) is 7.06. The highest BCUT2D eigenvalue weighted by Crippen LogP contribution is 2.29. The Morgan fingerprint density at radius 3 is 2.93 bits per heavy atom. The summed E-state index contributed by atoms with van der Waals surface area (Å²) in [4.78, 5) is 31.5. The number of likely N-dealkylation sites (tertiary alicyclic amines) is 1. The van der Waals surface area contributed by atoms with Gasteiger partial charge in [-0.3, -0.25) is 14.6 Å². The van der Waals surface area contributed by atoms with Crippen LogP contribution in [-0.2, 0) is 6.54 Å². The molecule has 2 saturated heterocycles. The van der Waals surface area contributed by atoms with Gasteiger partial charge < -0.3 is 21.3 Å². The van der Waals surface area contributed by atoms with Gasteiger partial charge in [0, 0.05) is 49.7 Å². The lowest BCUT2D eigenvalue weighted by molar-refractivity contribution is 0.0736. The number of rotatable bonds is 4. The Kier molecular flexibility index (Phi) is 4.87. The van der Waals surface area contributed by atoms with Crippen molar-refractivity contribution in [2.24, 2.45) is 11.7 Å². The van der Waals surface area contributed by atoms with E-state index in [1.165, 1.54) is 0 Å². The van der Waals surface area contributed by atoms with Crippen LogP contribution >= 0.6 is 0 Å². The predicted molar refractivity (Wildman–Crippen MR) is 102 cm³/mol. The number of pyridine rings is 1. The fraction of sp³-hybridized carbons (Fsp3) is 0.350. The number of fused-ring (bicyclic) bond motifs is 1. The average molecular weight is 365 g/mol. The van der Waals surface area contributed by atoms with Gasteiger partial charge in [0.1, 0.15) is 5.69 Å². The Morgan fingerprint density at radius 1 is 1.26 bits per heavy atom. The number of nitrogens with two attached hydrogens (primary N) is 1. The van der Waals surface area contributed by atoms with Crippen molar-refractivity contribution < 1.29 is 9.59 Å². The van der Waals surface area contributed by atoms with E-state index in [0.29, 0.717) is 29.4 Å². The van der Waals surface area contributed by atoms with E-state index in [0.717, 1.165) is 31.6 Å². The highest BCUT2D eigenvalue weighted by atomic mass is 16.2. The van der Waals surface area contributed by atoms with E-state index in [2.05, 4.69) is 15.6 Å². The lowest BCUT2D eigenvalue weighted by Gasteiger charge is -2.24. The molecule has 2 aliphatic heterocycles.